The largest absolute Gasteiger partial charge is 0.497 e. The molecule has 4 rings (SSSR count). The van der Waals surface area contributed by atoms with Gasteiger partial charge in [0, 0.05) is 29.4 Å². The normalized spacial score (nSPS) is 18.8. The van der Waals surface area contributed by atoms with E-state index in [1.807, 2.05) is 48.2 Å². The lowest BCUT2D eigenvalue weighted by Crippen LogP contribution is -2.42. The average molecular weight is 539 g/mol. The predicted molar refractivity (Wildman–Crippen MR) is 151 cm³/mol. The van der Waals surface area contributed by atoms with Gasteiger partial charge in [0.1, 0.15) is 11.5 Å². The molecule has 8 heteroatoms. The summed E-state index contributed by atoms with van der Waals surface area (Å²) >= 11 is 1.82. The van der Waals surface area contributed by atoms with Crippen LogP contribution in [-0.4, -0.2) is 65.7 Å². The highest BCUT2D eigenvalue weighted by Gasteiger charge is 2.31. The van der Waals surface area contributed by atoms with E-state index in [0.717, 1.165) is 72.6 Å². The lowest BCUT2D eigenvalue weighted by Gasteiger charge is -2.38. The fourth-order valence-electron chi connectivity index (χ4n) is 5.46. The Morgan fingerprint density at radius 1 is 1.13 bits per heavy atom. The molecule has 7 nitrogen and oxygen atoms in total. The number of likely N-dealkylation sites (tertiary alicyclic amines) is 1. The van der Waals surface area contributed by atoms with Crippen molar-refractivity contribution in [2.45, 2.75) is 43.1 Å². The van der Waals surface area contributed by atoms with Crippen LogP contribution in [-0.2, 0) is 4.79 Å². The van der Waals surface area contributed by atoms with Gasteiger partial charge in [0.15, 0.2) is 0 Å². The van der Waals surface area contributed by atoms with Crippen LogP contribution < -0.4 is 9.47 Å². The van der Waals surface area contributed by atoms with Crippen molar-refractivity contribution in [1.82, 2.24) is 9.88 Å². The predicted octanol–water partition coefficient (Wildman–Crippen LogP) is 5.66. The summed E-state index contributed by atoms with van der Waals surface area (Å²) < 4.78 is 10.7. The van der Waals surface area contributed by atoms with E-state index in [-0.39, 0.29) is 18.3 Å². The van der Waals surface area contributed by atoms with Crippen molar-refractivity contribution in [3.63, 3.8) is 0 Å². The second-order valence-electron chi connectivity index (χ2n) is 9.96. The van der Waals surface area contributed by atoms with E-state index < -0.39 is 12.1 Å². The summed E-state index contributed by atoms with van der Waals surface area (Å²) in [7, 11) is 3.31. The summed E-state index contributed by atoms with van der Waals surface area (Å²) in [5.41, 5.74) is 1.67. The quantitative estimate of drug-likeness (QED) is 0.213. The molecule has 0 aliphatic carbocycles. The first-order valence-electron chi connectivity index (χ1n) is 13.3. The Morgan fingerprint density at radius 3 is 2.74 bits per heavy atom. The highest BCUT2D eigenvalue weighted by molar-refractivity contribution is 7.99. The molecule has 0 amide bonds. The van der Waals surface area contributed by atoms with Crippen molar-refractivity contribution in [3.8, 4) is 11.5 Å². The van der Waals surface area contributed by atoms with Gasteiger partial charge < -0.3 is 24.6 Å². The van der Waals surface area contributed by atoms with E-state index >= 15 is 0 Å². The third kappa shape index (κ3) is 7.62. The number of carbonyl (C=O) groups is 1. The van der Waals surface area contributed by atoms with Gasteiger partial charge in [-0.25, -0.2) is 0 Å². The van der Waals surface area contributed by atoms with Crippen molar-refractivity contribution in [2.75, 3.05) is 39.6 Å². The maximum absolute atomic E-state index is 11.7. The monoisotopic (exact) mass is 538 g/mol. The zero-order chi connectivity index (χ0) is 26.9. The number of aliphatic carboxylic acids is 1. The number of carboxylic acid groups (broad SMARTS) is 1. The van der Waals surface area contributed by atoms with E-state index in [9.17, 15) is 15.0 Å². The maximum Gasteiger partial charge on any atom is 0.303 e. The van der Waals surface area contributed by atoms with Crippen molar-refractivity contribution < 1.29 is 24.5 Å². The summed E-state index contributed by atoms with van der Waals surface area (Å²) in [6.45, 7) is 2.73. The summed E-state index contributed by atoms with van der Waals surface area (Å²) in [4.78, 5) is 19.7. The molecule has 1 aliphatic rings. The molecule has 1 saturated heterocycles. The number of aromatic nitrogens is 1. The number of methoxy groups -OCH3 is 2. The number of benzene rings is 2. The molecule has 0 radical (unpaired) electrons. The number of aliphatic hydroxyl groups excluding tert-OH is 1. The smallest absolute Gasteiger partial charge is 0.303 e. The number of thioether (sulfide) groups is 1. The molecule has 38 heavy (non-hydrogen) atoms. The average Bonchev–Trinajstić information content (AvgIpc) is 2.93. The van der Waals surface area contributed by atoms with Gasteiger partial charge in [-0.3, -0.25) is 9.78 Å². The van der Waals surface area contributed by atoms with Crippen molar-refractivity contribution in [1.29, 1.82) is 0 Å². The minimum atomic E-state index is -0.747. The van der Waals surface area contributed by atoms with Crippen LogP contribution in [0.25, 0.3) is 10.9 Å². The minimum Gasteiger partial charge on any atom is -0.497 e. The second-order valence-corrected chi connectivity index (χ2v) is 11.1. The molecular formula is C30H38N2O5S. The number of carboxylic acids is 1. The molecule has 3 atom stereocenters. The van der Waals surface area contributed by atoms with Gasteiger partial charge in [0.2, 0.25) is 0 Å². The third-order valence-electron chi connectivity index (χ3n) is 7.49. The second kappa shape index (κ2) is 13.8. The fraction of sp³-hybridized carbons (Fsp3) is 0.467. The lowest BCUT2D eigenvalue weighted by atomic mass is 9.79. The van der Waals surface area contributed by atoms with E-state index in [2.05, 4.69) is 22.0 Å². The Balaban J connectivity index is 1.30. The van der Waals surface area contributed by atoms with Gasteiger partial charge in [0.05, 0.1) is 25.8 Å². The number of pyridine rings is 1. The van der Waals surface area contributed by atoms with Crippen LogP contribution >= 0.6 is 11.8 Å². The molecule has 1 aromatic heterocycles. The molecular weight excluding hydrogens is 500 g/mol. The number of ether oxygens (including phenoxy) is 2. The van der Waals surface area contributed by atoms with Gasteiger partial charge in [-0.05, 0) is 104 Å². The molecule has 2 N–H and O–H groups in total. The fourth-order valence-corrected chi connectivity index (χ4v) is 6.34. The Labute approximate surface area is 229 Å². The Kier molecular flexibility index (Phi) is 10.3. The molecule has 0 spiro atoms. The first-order valence-corrected chi connectivity index (χ1v) is 14.3. The SMILES string of the molecule is COc1cccc(SCCCN2CC[C@@H](CC[C@H](O)c3ccnc4ccc(OC)cc34)[C@@H](CC(=O)O)C2)c1. The number of hydrogen-bond donors (Lipinski definition) is 2. The number of hydrogen-bond acceptors (Lipinski definition) is 7. The number of nitrogens with zero attached hydrogens (tertiary/aromatic N) is 2. The van der Waals surface area contributed by atoms with Crippen LogP contribution in [0, 0.1) is 11.8 Å². The van der Waals surface area contributed by atoms with Crippen LogP contribution in [0.5, 0.6) is 11.5 Å². The van der Waals surface area contributed by atoms with Crippen LogP contribution in [0.2, 0.25) is 0 Å². The Hall–Kier alpha value is -2.81. The first-order chi connectivity index (χ1) is 18.5. The highest BCUT2D eigenvalue weighted by Crippen LogP contribution is 2.35. The molecule has 2 aromatic carbocycles. The summed E-state index contributed by atoms with van der Waals surface area (Å²) in [6.07, 6.45) is 4.66. The van der Waals surface area contributed by atoms with Crippen molar-refractivity contribution in [3.05, 3.63) is 60.3 Å². The number of rotatable bonds is 13. The van der Waals surface area contributed by atoms with E-state index in [0.29, 0.717) is 6.42 Å². The molecule has 2 heterocycles. The maximum atomic E-state index is 11.7. The Morgan fingerprint density at radius 2 is 1.95 bits per heavy atom. The van der Waals surface area contributed by atoms with E-state index in [1.54, 1.807) is 20.4 Å². The summed E-state index contributed by atoms with van der Waals surface area (Å²) in [5, 5.41) is 21.6. The molecule has 1 fully saturated rings. The molecule has 0 bridgehead atoms. The summed E-state index contributed by atoms with van der Waals surface area (Å²) in [6, 6.07) is 15.7. The third-order valence-corrected chi connectivity index (χ3v) is 8.57. The van der Waals surface area contributed by atoms with Gasteiger partial charge >= 0.3 is 5.97 Å². The molecule has 1 aliphatic heterocycles. The van der Waals surface area contributed by atoms with E-state index in [4.69, 9.17) is 9.47 Å². The van der Waals surface area contributed by atoms with Crippen LogP contribution in [0.4, 0.5) is 0 Å². The number of aliphatic hydroxyl groups is 1. The van der Waals surface area contributed by atoms with Crippen LogP contribution in [0.3, 0.4) is 0 Å². The standard InChI is InChI=1S/C30H38N2O5S/c1-36-23-5-3-6-25(18-23)38-16-4-14-32-15-12-21(22(20-32)17-30(34)35)7-10-29(33)26-11-13-31-28-9-8-24(37-2)19-27(26)28/h3,5-6,8-9,11,13,18-19,21-22,29,33H,4,7,10,12,14-17,20H2,1-2H3,(H,34,35)/t21-,22+,29+/m1/s1. The van der Waals surface area contributed by atoms with E-state index in [1.165, 1.54) is 4.90 Å². The zero-order valence-corrected chi connectivity index (χ0v) is 23.0. The van der Waals surface area contributed by atoms with Gasteiger partial charge in [-0.15, -0.1) is 11.8 Å². The highest BCUT2D eigenvalue weighted by atomic mass is 32.2. The van der Waals surface area contributed by atoms with Crippen LogP contribution in [0.15, 0.2) is 59.6 Å². The van der Waals surface area contributed by atoms with Crippen molar-refractivity contribution in [2.24, 2.45) is 11.8 Å². The topological polar surface area (TPSA) is 92.1 Å². The molecule has 3 aromatic rings. The lowest BCUT2D eigenvalue weighted by molar-refractivity contribution is -0.139. The molecule has 0 saturated carbocycles. The van der Waals surface area contributed by atoms with Crippen molar-refractivity contribution >= 4 is 28.6 Å². The van der Waals surface area contributed by atoms with Gasteiger partial charge in [-0.2, -0.15) is 0 Å². The Bertz CT molecular complexity index is 1210. The van der Waals surface area contributed by atoms with Crippen LogP contribution in [0.1, 0.15) is 43.8 Å². The molecule has 0 unspecified atom stereocenters. The molecule has 204 valence electrons. The number of fused-ring (bicyclic) bond motifs is 1. The van der Waals surface area contributed by atoms with Gasteiger partial charge in [-0.1, -0.05) is 6.07 Å². The first kappa shape index (κ1) is 28.2. The number of piperidine rings is 1. The van der Waals surface area contributed by atoms with Gasteiger partial charge in [0.25, 0.3) is 0 Å². The summed E-state index contributed by atoms with van der Waals surface area (Å²) in [5.74, 6) is 2.24. The zero-order valence-electron chi connectivity index (χ0n) is 22.2. The minimum absolute atomic E-state index is 0.0914.